The molecule has 2 rings (SSSR count). The molecule has 1 aromatic rings. The smallest absolute Gasteiger partial charge is 0.220 e. The van der Waals surface area contributed by atoms with Gasteiger partial charge in [0, 0.05) is 30.9 Å². The Kier molecular flexibility index (Phi) is 3.90. The largest absolute Gasteiger partial charge is 0.355 e. The number of thiazole rings is 1. The summed E-state index contributed by atoms with van der Waals surface area (Å²) in [7, 11) is 0. The number of amides is 1. The molecule has 1 saturated heterocycles. The highest BCUT2D eigenvalue weighted by Crippen LogP contribution is 2.10. The zero-order valence-corrected chi connectivity index (χ0v) is 10.3. The van der Waals surface area contributed by atoms with Crippen LogP contribution in [0.5, 0.6) is 0 Å². The lowest BCUT2D eigenvalue weighted by molar-refractivity contribution is -0.122. The Morgan fingerprint density at radius 2 is 2.56 bits per heavy atom. The molecule has 0 saturated carbocycles. The summed E-state index contributed by atoms with van der Waals surface area (Å²) in [6.45, 7) is 3.66. The number of aryl methyl sites for hydroxylation is 1. The third kappa shape index (κ3) is 3.02. The van der Waals surface area contributed by atoms with Gasteiger partial charge >= 0.3 is 0 Å². The van der Waals surface area contributed by atoms with E-state index in [1.165, 1.54) is 5.01 Å². The van der Waals surface area contributed by atoms with Crippen molar-refractivity contribution in [2.24, 2.45) is 0 Å². The number of nitrogens with zero attached hydrogens (tertiary/aromatic N) is 1. The molecule has 1 aromatic heterocycles. The van der Waals surface area contributed by atoms with Crippen molar-refractivity contribution in [2.45, 2.75) is 38.8 Å². The van der Waals surface area contributed by atoms with Gasteiger partial charge in [0.05, 0.1) is 10.7 Å². The number of carbonyl (C=O) groups is 1. The molecule has 1 fully saturated rings. The third-order valence-electron chi connectivity index (χ3n) is 2.74. The van der Waals surface area contributed by atoms with Crippen molar-refractivity contribution in [1.82, 2.24) is 15.6 Å². The highest BCUT2D eigenvalue weighted by Gasteiger charge is 2.17. The van der Waals surface area contributed by atoms with Gasteiger partial charge in [0.25, 0.3) is 0 Å². The number of aromatic nitrogens is 1. The van der Waals surface area contributed by atoms with E-state index in [-0.39, 0.29) is 5.91 Å². The van der Waals surface area contributed by atoms with E-state index in [4.69, 9.17) is 0 Å². The van der Waals surface area contributed by atoms with Gasteiger partial charge in [-0.3, -0.25) is 4.79 Å². The normalized spacial score (nSPS) is 20.8. The monoisotopic (exact) mass is 239 g/mol. The van der Waals surface area contributed by atoms with Crippen LogP contribution in [0.4, 0.5) is 0 Å². The molecule has 16 heavy (non-hydrogen) atoms. The fourth-order valence-electron chi connectivity index (χ4n) is 1.75. The maximum Gasteiger partial charge on any atom is 0.220 e. The summed E-state index contributed by atoms with van der Waals surface area (Å²) in [5, 5.41) is 9.58. The van der Waals surface area contributed by atoms with Crippen molar-refractivity contribution in [3.8, 4) is 0 Å². The summed E-state index contributed by atoms with van der Waals surface area (Å²) in [5.41, 5.74) is 1.11. The third-order valence-corrected chi connectivity index (χ3v) is 3.78. The topological polar surface area (TPSA) is 54.0 Å². The van der Waals surface area contributed by atoms with Crippen molar-refractivity contribution in [3.63, 3.8) is 0 Å². The molecule has 0 radical (unpaired) electrons. The highest BCUT2D eigenvalue weighted by molar-refractivity contribution is 7.09. The summed E-state index contributed by atoms with van der Waals surface area (Å²) in [6.07, 6.45) is 2.57. The van der Waals surface area contributed by atoms with Crippen LogP contribution in [0.1, 0.15) is 30.5 Å². The average Bonchev–Trinajstić information content (AvgIpc) is 2.76. The summed E-state index contributed by atoms with van der Waals surface area (Å²) in [5.74, 6) is 0.167. The summed E-state index contributed by atoms with van der Waals surface area (Å²) in [6, 6.07) is 0.393. The molecule has 1 unspecified atom stereocenters. The van der Waals surface area contributed by atoms with Gasteiger partial charge in [-0.1, -0.05) is 6.92 Å². The molecule has 2 heterocycles. The summed E-state index contributed by atoms with van der Waals surface area (Å²) >= 11 is 1.72. The van der Waals surface area contributed by atoms with Crippen LogP contribution >= 0.6 is 11.3 Å². The molecule has 5 heteroatoms. The Labute approximate surface area is 99.5 Å². The number of piperidine rings is 1. The SMILES string of the molecule is CCc1nc(CNC2CCC(=O)NC2)cs1. The van der Waals surface area contributed by atoms with Crippen LogP contribution in [0.25, 0.3) is 0 Å². The minimum absolute atomic E-state index is 0.167. The first kappa shape index (κ1) is 11.5. The second-order valence-electron chi connectivity index (χ2n) is 4.01. The van der Waals surface area contributed by atoms with E-state index < -0.39 is 0 Å². The Balaban J connectivity index is 1.76. The standard InChI is InChI=1S/C11H17N3OS/c1-2-11-14-9(7-16-11)6-12-8-3-4-10(15)13-5-8/h7-8,12H,2-6H2,1H3,(H,13,15). The molecule has 0 bridgehead atoms. The first-order valence-corrected chi connectivity index (χ1v) is 6.59. The molecular formula is C11H17N3OS. The number of rotatable bonds is 4. The molecule has 88 valence electrons. The van der Waals surface area contributed by atoms with Crippen LogP contribution in [0.15, 0.2) is 5.38 Å². The van der Waals surface area contributed by atoms with Crippen molar-refractivity contribution in [1.29, 1.82) is 0 Å². The van der Waals surface area contributed by atoms with Crippen LogP contribution in [-0.2, 0) is 17.8 Å². The lowest BCUT2D eigenvalue weighted by Crippen LogP contribution is -2.45. The first-order chi connectivity index (χ1) is 7.78. The van der Waals surface area contributed by atoms with Crippen LogP contribution in [0.3, 0.4) is 0 Å². The van der Waals surface area contributed by atoms with Gasteiger partial charge in [-0.05, 0) is 12.8 Å². The molecular weight excluding hydrogens is 222 g/mol. The highest BCUT2D eigenvalue weighted by atomic mass is 32.1. The maximum atomic E-state index is 11.0. The molecule has 1 amide bonds. The van der Waals surface area contributed by atoms with Crippen molar-refractivity contribution in [2.75, 3.05) is 6.54 Å². The quantitative estimate of drug-likeness (QED) is 0.826. The number of hydrogen-bond acceptors (Lipinski definition) is 4. The summed E-state index contributed by atoms with van der Waals surface area (Å²) in [4.78, 5) is 15.5. The molecule has 0 aliphatic carbocycles. The lowest BCUT2D eigenvalue weighted by atomic mass is 10.1. The van der Waals surface area contributed by atoms with Gasteiger partial charge in [0.1, 0.15) is 0 Å². The van der Waals surface area contributed by atoms with Crippen molar-refractivity contribution in [3.05, 3.63) is 16.1 Å². The molecule has 2 N–H and O–H groups in total. The van der Waals surface area contributed by atoms with Crippen molar-refractivity contribution >= 4 is 17.2 Å². The fraction of sp³-hybridized carbons (Fsp3) is 0.636. The van der Waals surface area contributed by atoms with E-state index in [9.17, 15) is 4.79 Å². The first-order valence-electron chi connectivity index (χ1n) is 5.71. The molecule has 1 aliphatic rings. The predicted octanol–water partition coefficient (Wildman–Crippen LogP) is 1.07. The minimum Gasteiger partial charge on any atom is -0.355 e. The molecule has 1 atom stereocenters. The van der Waals surface area contributed by atoms with Gasteiger partial charge < -0.3 is 10.6 Å². The van der Waals surface area contributed by atoms with Gasteiger partial charge in [-0.2, -0.15) is 0 Å². The van der Waals surface area contributed by atoms with E-state index in [1.54, 1.807) is 11.3 Å². The minimum atomic E-state index is 0.167. The second-order valence-corrected chi connectivity index (χ2v) is 4.95. The number of hydrogen-bond donors (Lipinski definition) is 2. The lowest BCUT2D eigenvalue weighted by Gasteiger charge is -2.23. The molecule has 1 aliphatic heterocycles. The Morgan fingerprint density at radius 1 is 1.69 bits per heavy atom. The Bertz CT molecular complexity index is 354. The Morgan fingerprint density at radius 3 is 3.19 bits per heavy atom. The summed E-state index contributed by atoms with van der Waals surface area (Å²) < 4.78 is 0. The molecule has 0 aromatic carbocycles. The fourth-order valence-corrected chi connectivity index (χ4v) is 2.49. The maximum absolute atomic E-state index is 11.0. The molecule has 4 nitrogen and oxygen atoms in total. The van der Waals surface area contributed by atoms with Gasteiger partial charge in [0.15, 0.2) is 0 Å². The predicted molar refractivity (Wildman–Crippen MR) is 64.4 cm³/mol. The van der Waals surface area contributed by atoms with E-state index >= 15 is 0 Å². The van der Waals surface area contributed by atoms with E-state index in [2.05, 4.69) is 27.9 Å². The number of nitrogens with one attached hydrogen (secondary N) is 2. The van der Waals surface area contributed by atoms with E-state index in [0.29, 0.717) is 12.5 Å². The van der Waals surface area contributed by atoms with Gasteiger partial charge in [-0.25, -0.2) is 4.98 Å². The van der Waals surface area contributed by atoms with Gasteiger partial charge in [0.2, 0.25) is 5.91 Å². The van der Waals surface area contributed by atoms with E-state index in [1.807, 2.05) is 0 Å². The van der Waals surface area contributed by atoms with Crippen molar-refractivity contribution < 1.29 is 4.79 Å². The zero-order valence-electron chi connectivity index (χ0n) is 9.45. The van der Waals surface area contributed by atoms with Crippen LogP contribution in [-0.4, -0.2) is 23.5 Å². The van der Waals surface area contributed by atoms with Crippen LogP contribution in [0, 0.1) is 0 Å². The van der Waals surface area contributed by atoms with E-state index in [0.717, 1.165) is 31.6 Å². The van der Waals surface area contributed by atoms with Crippen LogP contribution in [0.2, 0.25) is 0 Å². The zero-order chi connectivity index (χ0) is 11.4. The second kappa shape index (κ2) is 5.41. The average molecular weight is 239 g/mol. The number of carbonyl (C=O) groups excluding carboxylic acids is 1. The van der Waals surface area contributed by atoms with Gasteiger partial charge in [-0.15, -0.1) is 11.3 Å². The molecule has 0 spiro atoms. The van der Waals surface area contributed by atoms with Crippen LogP contribution < -0.4 is 10.6 Å². The Hall–Kier alpha value is -0.940.